The zero-order chi connectivity index (χ0) is 17.1. The number of rotatable bonds is 5. The van der Waals surface area contributed by atoms with Gasteiger partial charge in [-0.1, -0.05) is 17.8 Å². The van der Waals surface area contributed by atoms with Crippen molar-refractivity contribution in [3.05, 3.63) is 41.7 Å². The summed E-state index contributed by atoms with van der Waals surface area (Å²) < 4.78 is 1.86. The van der Waals surface area contributed by atoms with Crippen molar-refractivity contribution in [2.45, 2.75) is 23.9 Å². The van der Waals surface area contributed by atoms with Crippen molar-refractivity contribution in [3.8, 4) is 0 Å². The van der Waals surface area contributed by atoms with E-state index in [0.717, 1.165) is 22.0 Å². The van der Waals surface area contributed by atoms with Gasteiger partial charge in [-0.05, 0) is 44.4 Å². The van der Waals surface area contributed by atoms with Crippen LogP contribution in [0.15, 0.2) is 40.4 Å². The van der Waals surface area contributed by atoms with Crippen molar-refractivity contribution < 1.29 is 4.79 Å². The van der Waals surface area contributed by atoms with Gasteiger partial charge in [-0.15, -0.1) is 22.0 Å². The second-order valence-electron chi connectivity index (χ2n) is 5.23. The van der Waals surface area contributed by atoms with E-state index in [4.69, 9.17) is 0 Å². The highest BCUT2D eigenvalue weighted by Gasteiger charge is 2.12. The Morgan fingerprint density at radius 3 is 2.88 bits per heavy atom. The summed E-state index contributed by atoms with van der Waals surface area (Å²) in [6.07, 6.45) is 2.01. The summed E-state index contributed by atoms with van der Waals surface area (Å²) in [5.74, 6) is 0.744. The molecule has 0 atom stereocenters. The maximum atomic E-state index is 12.2. The summed E-state index contributed by atoms with van der Waals surface area (Å²) in [6.45, 7) is 3.90. The van der Waals surface area contributed by atoms with Crippen LogP contribution in [-0.4, -0.2) is 37.5 Å². The van der Waals surface area contributed by atoms with E-state index in [1.54, 1.807) is 11.8 Å². The van der Waals surface area contributed by atoms with Crippen LogP contribution in [0, 0.1) is 13.8 Å². The molecule has 1 aromatic carbocycles. The van der Waals surface area contributed by atoms with Gasteiger partial charge in [0.05, 0.1) is 5.75 Å². The summed E-state index contributed by atoms with van der Waals surface area (Å²) in [7, 11) is 0. The van der Waals surface area contributed by atoms with Crippen molar-refractivity contribution >= 4 is 40.9 Å². The molecular weight excluding hydrogens is 342 g/mol. The van der Waals surface area contributed by atoms with Crippen LogP contribution in [0.25, 0.3) is 5.78 Å². The third-order valence-corrected chi connectivity index (χ3v) is 5.00. The summed E-state index contributed by atoms with van der Waals surface area (Å²) in [6, 6.07) is 9.74. The average molecular weight is 359 g/mol. The fraction of sp³-hybridized carbons (Fsp3) is 0.250. The Hall–Kier alpha value is -2.06. The molecule has 124 valence electrons. The highest BCUT2D eigenvalue weighted by Crippen LogP contribution is 2.21. The molecule has 24 heavy (non-hydrogen) atoms. The molecule has 0 aliphatic carbocycles. The molecule has 0 unspecified atom stereocenters. The maximum absolute atomic E-state index is 12.2. The lowest BCUT2D eigenvalue weighted by atomic mass is 10.3. The van der Waals surface area contributed by atoms with Crippen LogP contribution in [0.1, 0.15) is 11.4 Å². The third-order valence-electron chi connectivity index (χ3n) is 3.35. The largest absolute Gasteiger partial charge is 0.325 e. The molecule has 6 nitrogen and oxygen atoms in total. The highest BCUT2D eigenvalue weighted by molar-refractivity contribution is 7.99. The Labute approximate surface area is 148 Å². The minimum absolute atomic E-state index is 0.0762. The van der Waals surface area contributed by atoms with Crippen molar-refractivity contribution in [1.82, 2.24) is 19.6 Å². The number of carbonyl (C=O) groups excluding carboxylic acids is 1. The van der Waals surface area contributed by atoms with E-state index in [2.05, 4.69) is 20.5 Å². The Kier molecular flexibility index (Phi) is 5.06. The van der Waals surface area contributed by atoms with Crippen molar-refractivity contribution in [2.24, 2.45) is 0 Å². The predicted octanol–water partition coefficient (Wildman–Crippen LogP) is 3.19. The second-order valence-corrected chi connectivity index (χ2v) is 7.05. The first-order chi connectivity index (χ1) is 11.6. The zero-order valence-electron chi connectivity index (χ0n) is 13.6. The monoisotopic (exact) mass is 359 g/mol. The van der Waals surface area contributed by atoms with E-state index in [-0.39, 0.29) is 11.7 Å². The number of aryl methyl sites for hydroxylation is 2. The van der Waals surface area contributed by atoms with Gasteiger partial charge in [0.2, 0.25) is 5.91 Å². The molecule has 2 aromatic heterocycles. The van der Waals surface area contributed by atoms with E-state index < -0.39 is 0 Å². The van der Waals surface area contributed by atoms with Crippen molar-refractivity contribution in [3.63, 3.8) is 0 Å². The Morgan fingerprint density at radius 2 is 2.08 bits per heavy atom. The van der Waals surface area contributed by atoms with Gasteiger partial charge in [0, 0.05) is 22.0 Å². The zero-order valence-corrected chi connectivity index (χ0v) is 15.2. The number of benzene rings is 1. The van der Waals surface area contributed by atoms with Crippen LogP contribution in [0.4, 0.5) is 5.69 Å². The third kappa shape index (κ3) is 3.70. The molecule has 8 heteroatoms. The van der Waals surface area contributed by atoms with Gasteiger partial charge in [-0.3, -0.25) is 9.20 Å². The average Bonchev–Trinajstić information content (AvgIpc) is 2.96. The summed E-state index contributed by atoms with van der Waals surface area (Å²) in [5, 5.41) is 11.8. The van der Waals surface area contributed by atoms with Gasteiger partial charge in [-0.2, -0.15) is 0 Å². The first kappa shape index (κ1) is 16.8. The van der Waals surface area contributed by atoms with Crippen LogP contribution in [0.2, 0.25) is 0 Å². The fourth-order valence-electron chi connectivity index (χ4n) is 2.32. The number of anilines is 1. The molecule has 2 heterocycles. The van der Waals surface area contributed by atoms with Gasteiger partial charge in [0.15, 0.2) is 5.16 Å². The normalized spacial score (nSPS) is 11.0. The lowest BCUT2D eigenvalue weighted by Gasteiger charge is -2.06. The Bertz CT molecular complexity index is 893. The SMILES string of the molecule is CSc1cccc(NC(=O)CSc2nnc3nc(C)cc(C)n23)c1. The quantitative estimate of drug-likeness (QED) is 0.706. The fourth-order valence-corrected chi connectivity index (χ4v) is 3.57. The van der Waals surface area contributed by atoms with E-state index in [9.17, 15) is 4.79 Å². The molecule has 0 saturated carbocycles. The molecule has 0 radical (unpaired) electrons. The molecule has 0 aliphatic heterocycles. The van der Waals surface area contributed by atoms with Gasteiger partial charge in [0.25, 0.3) is 5.78 Å². The summed E-state index contributed by atoms with van der Waals surface area (Å²) in [4.78, 5) is 17.6. The predicted molar refractivity (Wildman–Crippen MR) is 97.8 cm³/mol. The van der Waals surface area contributed by atoms with Crippen LogP contribution < -0.4 is 5.32 Å². The minimum Gasteiger partial charge on any atom is -0.325 e. The summed E-state index contributed by atoms with van der Waals surface area (Å²) >= 11 is 2.99. The number of hydrogen-bond donors (Lipinski definition) is 1. The topological polar surface area (TPSA) is 72.2 Å². The number of fused-ring (bicyclic) bond motifs is 1. The van der Waals surface area contributed by atoms with Crippen LogP contribution >= 0.6 is 23.5 Å². The van der Waals surface area contributed by atoms with Gasteiger partial charge < -0.3 is 5.32 Å². The van der Waals surface area contributed by atoms with Gasteiger partial charge in [0.1, 0.15) is 0 Å². The molecule has 0 aliphatic rings. The molecular formula is C16H17N5OS2. The lowest BCUT2D eigenvalue weighted by molar-refractivity contribution is -0.113. The van der Waals surface area contributed by atoms with Gasteiger partial charge in [-0.25, -0.2) is 4.98 Å². The molecule has 1 amide bonds. The maximum Gasteiger partial charge on any atom is 0.256 e. The van der Waals surface area contributed by atoms with Crippen molar-refractivity contribution in [1.29, 1.82) is 0 Å². The van der Waals surface area contributed by atoms with Crippen LogP contribution in [-0.2, 0) is 4.79 Å². The molecule has 3 aromatic rings. The molecule has 1 N–H and O–H groups in total. The smallest absolute Gasteiger partial charge is 0.256 e. The molecule has 0 fully saturated rings. The highest BCUT2D eigenvalue weighted by atomic mass is 32.2. The number of nitrogens with zero attached hydrogens (tertiary/aromatic N) is 4. The second kappa shape index (κ2) is 7.23. The first-order valence-electron chi connectivity index (χ1n) is 7.33. The van der Waals surface area contributed by atoms with Gasteiger partial charge >= 0.3 is 0 Å². The number of aromatic nitrogens is 4. The number of amides is 1. The number of thioether (sulfide) groups is 2. The number of carbonyl (C=O) groups is 1. The Balaban J connectivity index is 1.68. The minimum atomic E-state index is -0.0762. The molecule has 3 rings (SSSR count). The molecule has 0 spiro atoms. The van der Waals surface area contributed by atoms with Crippen molar-refractivity contribution in [2.75, 3.05) is 17.3 Å². The van der Waals surface area contributed by atoms with Crippen LogP contribution in [0.5, 0.6) is 0 Å². The summed E-state index contributed by atoms with van der Waals surface area (Å²) in [5.41, 5.74) is 2.69. The standard InChI is InChI=1S/C16H17N5OS2/c1-10-7-11(2)21-15(17-10)19-20-16(21)24-9-14(22)18-12-5-4-6-13(8-12)23-3/h4-8H,9H2,1-3H3,(H,18,22). The molecule has 0 saturated heterocycles. The van der Waals surface area contributed by atoms with E-state index in [1.165, 1.54) is 11.8 Å². The van der Waals surface area contributed by atoms with E-state index >= 15 is 0 Å². The van der Waals surface area contributed by atoms with E-state index in [0.29, 0.717) is 10.9 Å². The number of hydrogen-bond acceptors (Lipinski definition) is 6. The number of nitrogens with one attached hydrogen (secondary N) is 1. The Morgan fingerprint density at radius 1 is 1.25 bits per heavy atom. The van der Waals surface area contributed by atoms with E-state index in [1.807, 2.05) is 54.8 Å². The lowest BCUT2D eigenvalue weighted by Crippen LogP contribution is -2.14. The molecule has 0 bridgehead atoms. The first-order valence-corrected chi connectivity index (χ1v) is 9.54. The van der Waals surface area contributed by atoms with Crippen LogP contribution in [0.3, 0.4) is 0 Å².